The van der Waals surface area contributed by atoms with Gasteiger partial charge in [0, 0.05) is 48.8 Å². The smallest absolute Gasteiger partial charge is 0.120 e. The number of benzene rings is 2. The van der Waals surface area contributed by atoms with Crippen LogP contribution in [0.15, 0.2) is 36.4 Å². The summed E-state index contributed by atoms with van der Waals surface area (Å²) in [6.07, 6.45) is 3.95. The van der Waals surface area contributed by atoms with E-state index in [0.717, 1.165) is 42.6 Å². The van der Waals surface area contributed by atoms with E-state index in [-0.39, 0.29) is 23.3 Å². The lowest BCUT2D eigenvalue weighted by atomic mass is 9.73. The summed E-state index contributed by atoms with van der Waals surface area (Å²) in [5.41, 5.74) is -0.685. The van der Waals surface area contributed by atoms with Crippen LogP contribution < -0.4 is 9.47 Å². The highest BCUT2D eigenvalue weighted by atomic mass is 16.5. The Morgan fingerprint density at radius 3 is 1.74 bits per heavy atom. The highest BCUT2D eigenvalue weighted by Crippen LogP contribution is 2.43. The van der Waals surface area contributed by atoms with Gasteiger partial charge in [-0.15, -0.1) is 0 Å². The first-order chi connectivity index (χ1) is 17.7. The molecule has 2 saturated heterocycles. The first-order valence-corrected chi connectivity index (χ1v) is 14.8. The van der Waals surface area contributed by atoms with Crippen LogP contribution in [0.25, 0.3) is 10.8 Å². The molecule has 0 spiro atoms. The third-order valence-electron chi connectivity index (χ3n) is 9.65. The van der Waals surface area contributed by atoms with Gasteiger partial charge in [0.05, 0.1) is 0 Å². The van der Waals surface area contributed by atoms with Crippen molar-refractivity contribution >= 4 is 10.8 Å². The van der Waals surface area contributed by atoms with Crippen LogP contribution in [-0.2, 0) is 0 Å². The van der Waals surface area contributed by atoms with E-state index in [9.17, 15) is 5.21 Å². The van der Waals surface area contributed by atoms with Crippen molar-refractivity contribution in [1.29, 1.82) is 0 Å². The van der Waals surface area contributed by atoms with Crippen LogP contribution >= 0.6 is 0 Å². The molecule has 38 heavy (non-hydrogen) atoms. The number of nitrogens with zero attached hydrogens (tertiary/aromatic N) is 2. The monoisotopic (exact) mass is 524 g/mol. The van der Waals surface area contributed by atoms with Gasteiger partial charge in [0.15, 0.2) is 0 Å². The second kappa shape index (κ2) is 11.0. The molecule has 2 heterocycles. The zero-order valence-electron chi connectivity index (χ0n) is 25.5. The molecule has 4 unspecified atom stereocenters. The molecule has 0 aliphatic carbocycles. The predicted molar refractivity (Wildman–Crippen MR) is 157 cm³/mol. The summed E-state index contributed by atoms with van der Waals surface area (Å²) in [6, 6.07) is 13.9. The maximum absolute atomic E-state index is 11.0. The second-order valence-electron chi connectivity index (χ2n) is 14.0. The third-order valence-corrected chi connectivity index (χ3v) is 9.65. The molecule has 5 heteroatoms. The van der Waals surface area contributed by atoms with Crippen molar-refractivity contribution in [3.05, 3.63) is 36.4 Å². The Labute approximate surface area is 231 Å². The lowest BCUT2D eigenvalue weighted by molar-refractivity contribution is -0.271. The quantitative estimate of drug-likeness (QED) is 0.400. The summed E-state index contributed by atoms with van der Waals surface area (Å²) in [6.45, 7) is 20.0. The fourth-order valence-corrected chi connectivity index (χ4v) is 7.05. The lowest BCUT2D eigenvalue weighted by Gasteiger charge is -2.54. The molecule has 212 valence electrons. The molecule has 4 rings (SSSR count). The molecule has 0 bridgehead atoms. The topological polar surface area (TPSA) is 45.2 Å². The Bertz CT molecular complexity index is 1080. The highest BCUT2D eigenvalue weighted by Gasteiger charge is 2.50. The van der Waals surface area contributed by atoms with Crippen LogP contribution in [0.4, 0.5) is 0 Å². The molecule has 4 atom stereocenters. The van der Waals surface area contributed by atoms with Crippen molar-refractivity contribution in [2.75, 3.05) is 7.05 Å². The zero-order chi connectivity index (χ0) is 28.0. The standard InChI is InChI=1S/C33H52N2O3/c1-21(2)30-17-28(18-31(22(3)4)34(30)10)37-26-13-11-24-12-14-27(16-25(24)15-26)38-29-19-32(7,8)35(36)33(9,20-29)23(5)6/h11-16,21-23,28-31,36H,17-20H2,1-10H3. The van der Waals surface area contributed by atoms with Crippen LogP contribution in [0.2, 0.25) is 0 Å². The van der Waals surface area contributed by atoms with Gasteiger partial charge in [0.1, 0.15) is 23.7 Å². The minimum absolute atomic E-state index is 0.0397. The lowest BCUT2D eigenvalue weighted by Crippen LogP contribution is -2.64. The Kier molecular flexibility index (Phi) is 8.43. The Hall–Kier alpha value is -1.82. The molecule has 0 saturated carbocycles. The van der Waals surface area contributed by atoms with Crippen molar-refractivity contribution in [2.45, 2.75) is 123 Å². The number of likely N-dealkylation sites (tertiary alicyclic amines) is 1. The number of hydrogen-bond acceptors (Lipinski definition) is 5. The molecule has 1 N–H and O–H groups in total. The SMILES string of the molecule is CC(C)C1CC(Oc2ccc3ccc(OC4CC(C)(C)N(O)C(C)(C(C)C)C4)cc3c2)CC(C(C)C)N1C. The fourth-order valence-electron chi connectivity index (χ4n) is 7.05. The van der Waals surface area contributed by atoms with E-state index >= 15 is 0 Å². The maximum Gasteiger partial charge on any atom is 0.120 e. The van der Waals surface area contributed by atoms with Gasteiger partial charge >= 0.3 is 0 Å². The maximum atomic E-state index is 11.0. The molecule has 0 amide bonds. The molecule has 2 aromatic rings. The first-order valence-electron chi connectivity index (χ1n) is 14.8. The summed E-state index contributed by atoms with van der Waals surface area (Å²) in [4.78, 5) is 2.59. The molecular weight excluding hydrogens is 472 g/mol. The highest BCUT2D eigenvalue weighted by molar-refractivity contribution is 5.85. The minimum Gasteiger partial charge on any atom is -0.490 e. The summed E-state index contributed by atoms with van der Waals surface area (Å²) in [5, 5.41) is 14.9. The van der Waals surface area contributed by atoms with Gasteiger partial charge in [-0.1, -0.05) is 53.7 Å². The zero-order valence-corrected chi connectivity index (χ0v) is 25.5. The van der Waals surface area contributed by atoms with E-state index in [0.29, 0.717) is 29.8 Å². The van der Waals surface area contributed by atoms with Crippen molar-refractivity contribution in [3.8, 4) is 11.5 Å². The van der Waals surface area contributed by atoms with Gasteiger partial charge in [-0.2, -0.15) is 5.06 Å². The molecule has 2 aliphatic rings. The predicted octanol–water partition coefficient (Wildman–Crippen LogP) is 7.79. The summed E-state index contributed by atoms with van der Waals surface area (Å²) in [5.74, 6) is 3.33. The number of rotatable bonds is 7. The van der Waals surface area contributed by atoms with Gasteiger partial charge in [0.2, 0.25) is 0 Å². The normalized spacial score (nSPS) is 30.9. The van der Waals surface area contributed by atoms with Gasteiger partial charge < -0.3 is 14.7 Å². The largest absolute Gasteiger partial charge is 0.490 e. The molecule has 0 radical (unpaired) electrons. The van der Waals surface area contributed by atoms with E-state index in [1.807, 2.05) is 0 Å². The van der Waals surface area contributed by atoms with Crippen molar-refractivity contribution in [2.24, 2.45) is 17.8 Å². The van der Waals surface area contributed by atoms with Crippen LogP contribution in [0.3, 0.4) is 0 Å². The Balaban J connectivity index is 1.52. The first kappa shape index (κ1) is 29.2. The number of ether oxygens (including phenoxy) is 2. The van der Waals surface area contributed by atoms with Crippen LogP contribution in [0.1, 0.15) is 88.0 Å². The third kappa shape index (κ3) is 5.85. The van der Waals surface area contributed by atoms with Crippen LogP contribution in [0.5, 0.6) is 11.5 Å². The van der Waals surface area contributed by atoms with Crippen LogP contribution in [-0.4, -0.2) is 57.6 Å². The van der Waals surface area contributed by atoms with Gasteiger partial charge in [-0.3, -0.25) is 4.90 Å². The van der Waals surface area contributed by atoms with E-state index in [2.05, 4.69) is 111 Å². The fraction of sp³-hybridized carbons (Fsp3) is 0.697. The average Bonchev–Trinajstić information content (AvgIpc) is 2.82. The van der Waals surface area contributed by atoms with Crippen molar-refractivity contribution in [1.82, 2.24) is 9.96 Å². The molecule has 2 aromatic carbocycles. The number of hydroxylamine groups is 2. The van der Waals surface area contributed by atoms with E-state index < -0.39 is 0 Å². The minimum atomic E-state index is -0.352. The summed E-state index contributed by atoms with van der Waals surface area (Å²) < 4.78 is 13.2. The van der Waals surface area contributed by atoms with Gasteiger partial charge in [-0.05, 0) is 80.6 Å². The summed E-state index contributed by atoms with van der Waals surface area (Å²) in [7, 11) is 2.29. The number of hydrogen-bond donors (Lipinski definition) is 1. The molecular formula is C33H52N2O3. The Morgan fingerprint density at radius 1 is 0.763 bits per heavy atom. The molecule has 5 nitrogen and oxygen atoms in total. The molecule has 2 fully saturated rings. The van der Waals surface area contributed by atoms with Crippen molar-refractivity contribution in [3.63, 3.8) is 0 Å². The van der Waals surface area contributed by atoms with Gasteiger partial charge in [0.25, 0.3) is 0 Å². The van der Waals surface area contributed by atoms with E-state index in [1.54, 1.807) is 5.06 Å². The second-order valence-corrected chi connectivity index (χ2v) is 14.0. The van der Waals surface area contributed by atoms with E-state index in [4.69, 9.17) is 9.47 Å². The van der Waals surface area contributed by atoms with Crippen LogP contribution in [0, 0.1) is 17.8 Å². The Morgan fingerprint density at radius 2 is 1.26 bits per heavy atom. The number of fused-ring (bicyclic) bond motifs is 1. The van der Waals surface area contributed by atoms with Crippen molar-refractivity contribution < 1.29 is 14.7 Å². The molecule has 0 aromatic heterocycles. The molecule has 2 aliphatic heterocycles. The van der Waals surface area contributed by atoms with Gasteiger partial charge in [-0.25, -0.2) is 0 Å². The van der Waals surface area contributed by atoms with E-state index in [1.165, 1.54) is 5.39 Å². The average molecular weight is 525 g/mol. The summed E-state index contributed by atoms with van der Waals surface area (Å²) >= 11 is 0. The number of piperidine rings is 2.